The maximum Gasteiger partial charge on any atom is 0.293 e. The van der Waals surface area contributed by atoms with Crippen molar-refractivity contribution in [2.75, 3.05) is 11.5 Å². The van der Waals surface area contributed by atoms with Crippen LogP contribution in [0.1, 0.15) is 5.56 Å². The zero-order chi connectivity index (χ0) is 18.7. The van der Waals surface area contributed by atoms with Crippen LogP contribution in [0, 0.1) is 12.3 Å². The minimum absolute atomic E-state index is 0.126. The van der Waals surface area contributed by atoms with Crippen molar-refractivity contribution in [3.05, 3.63) is 58.1 Å². The standard InChI is InChI=1S/C19H13Cl2NO3S/c1-2-9-25-16-8-3-12(10-15(16)21)11-17-18(23)22(19(24)26-17)14-6-4-13(20)5-7-14/h1,3-8,10,17H,9,11H2/t17-/m1/s1. The first kappa shape index (κ1) is 18.7. The second-order valence-electron chi connectivity index (χ2n) is 5.48. The fraction of sp³-hybridized carbons (Fsp3) is 0.158. The summed E-state index contributed by atoms with van der Waals surface area (Å²) < 4.78 is 5.32. The predicted octanol–water partition coefficient (Wildman–Crippen LogP) is 4.82. The third-order valence-electron chi connectivity index (χ3n) is 3.73. The van der Waals surface area contributed by atoms with E-state index in [9.17, 15) is 9.59 Å². The molecule has 1 aliphatic heterocycles. The van der Waals surface area contributed by atoms with Gasteiger partial charge < -0.3 is 4.74 Å². The van der Waals surface area contributed by atoms with Gasteiger partial charge in [0.25, 0.3) is 5.24 Å². The van der Waals surface area contributed by atoms with Crippen molar-refractivity contribution in [2.45, 2.75) is 11.7 Å². The SMILES string of the molecule is C#CCOc1ccc(C[C@H]2SC(=O)N(c3ccc(Cl)cc3)C2=O)cc1Cl. The minimum atomic E-state index is -0.508. The van der Waals surface area contributed by atoms with Crippen LogP contribution in [0.4, 0.5) is 10.5 Å². The molecule has 1 saturated heterocycles. The number of hydrogen-bond acceptors (Lipinski definition) is 4. The molecule has 0 aromatic heterocycles. The van der Waals surface area contributed by atoms with Crippen LogP contribution in [0.25, 0.3) is 0 Å². The van der Waals surface area contributed by atoms with Crippen molar-refractivity contribution in [1.82, 2.24) is 0 Å². The van der Waals surface area contributed by atoms with Gasteiger partial charge in [0, 0.05) is 5.02 Å². The Morgan fingerprint density at radius 3 is 2.54 bits per heavy atom. The van der Waals surface area contributed by atoms with Crippen LogP contribution in [0.2, 0.25) is 10.0 Å². The van der Waals surface area contributed by atoms with Crippen molar-refractivity contribution in [1.29, 1.82) is 0 Å². The number of carbonyl (C=O) groups is 2. The predicted molar refractivity (Wildman–Crippen MR) is 105 cm³/mol. The van der Waals surface area contributed by atoms with Crippen molar-refractivity contribution in [2.24, 2.45) is 0 Å². The summed E-state index contributed by atoms with van der Waals surface area (Å²) in [6, 6.07) is 11.8. The molecule has 1 atom stereocenters. The van der Waals surface area contributed by atoms with Crippen LogP contribution in [-0.4, -0.2) is 23.0 Å². The fourth-order valence-corrected chi connectivity index (χ4v) is 3.94. The van der Waals surface area contributed by atoms with Crippen LogP contribution >= 0.6 is 35.0 Å². The minimum Gasteiger partial charge on any atom is -0.479 e. The molecule has 0 bridgehead atoms. The average Bonchev–Trinajstić information content (AvgIpc) is 2.89. The molecule has 3 rings (SSSR count). The van der Waals surface area contributed by atoms with E-state index < -0.39 is 5.25 Å². The lowest BCUT2D eigenvalue weighted by atomic mass is 10.1. The number of thioether (sulfide) groups is 1. The monoisotopic (exact) mass is 405 g/mol. The van der Waals surface area contributed by atoms with Gasteiger partial charge in [-0.05, 0) is 48.4 Å². The van der Waals surface area contributed by atoms with Crippen molar-refractivity contribution in [3.63, 3.8) is 0 Å². The van der Waals surface area contributed by atoms with E-state index >= 15 is 0 Å². The Morgan fingerprint density at radius 1 is 1.15 bits per heavy atom. The second kappa shape index (κ2) is 8.05. The number of halogens is 2. The topological polar surface area (TPSA) is 46.6 Å². The highest BCUT2D eigenvalue weighted by Crippen LogP contribution is 2.35. The van der Waals surface area contributed by atoms with Crippen LogP contribution in [0.5, 0.6) is 5.75 Å². The molecule has 0 radical (unpaired) electrons. The number of imide groups is 1. The molecule has 1 fully saturated rings. The van der Waals surface area contributed by atoms with E-state index in [0.717, 1.165) is 17.3 Å². The van der Waals surface area contributed by atoms with E-state index in [0.29, 0.717) is 27.9 Å². The summed E-state index contributed by atoms with van der Waals surface area (Å²) in [7, 11) is 0. The molecule has 7 heteroatoms. The molecular weight excluding hydrogens is 393 g/mol. The first-order chi connectivity index (χ1) is 12.5. The fourth-order valence-electron chi connectivity index (χ4n) is 2.53. The molecule has 2 aromatic rings. The molecule has 0 aliphatic carbocycles. The summed E-state index contributed by atoms with van der Waals surface area (Å²) in [5, 5.41) is 0.141. The molecule has 0 unspecified atom stereocenters. The zero-order valence-corrected chi connectivity index (χ0v) is 15.8. The van der Waals surface area contributed by atoms with Gasteiger partial charge in [-0.3, -0.25) is 9.59 Å². The van der Waals surface area contributed by atoms with E-state index in [2.05, 4.69) is 5.92 Å². The maximum absolute atomic E-state index is 12.7. The van der Waals surface area contributed by atoms with Crippen molar-refractivity contribution < 1.29 is 14.3 Å². The average molecular weight is 406 g/mol. The zero-order valence-electron chi connectivity index (χ0n) is 13.4. The number of amides is 2. The smallest absolute Gasteiger partial charge is 0.293 e. The molecular formula is C19H13Cl2NO3S. The Labute approximate surface area is 165 Å². The molecule has 2 amide bonds. The molecule has 2 aromatic carbocycles. The summed E-state index contributed by atoms with van der Waals surface area (Å²) >= 11 is 13.0. The Balaban J connectivity index is 1.74. The summed E-state index contributed by atoms with van der Waals surface area (Å²) in [6.45, 7) is 0.126. The van der Waals surface area contributed by atoms with E-state index in [4.69, 9.17) is 34.4 Å². The lowest BCUT2D eigenvalue weighted by Crippen LogP contribution is -2.32. The highest BCUT2D eigenvalue weighted by Gasteiger charge is 2.40. The summed E-state index contributed by atoms with van der Waals surface area (Å²) in [5.74, 6) is 2.60. The number of rotatable bonds is 5. The first-order valence-electron chi connectivity index (χ1n) is 7.64. The largest absolute Gasteiger partial charge is 0.479 e. The summed E-state index contributed by atoms with van der Waals surface area (Å²) in [4.78, 5) is 26.1. The number of terminal acetylenes is 1. The van der Waals surface area contributed by atoms with Gasteiger partial charge in [0.05, 0.1) is 16.0 Å². The Kier molecular flexibility index (Phi) is 5.77. The van der Waals surface area contributed by atoms with Gasteiger partial charge in [-0.25, -0.2) is 4.90 Å². The number of anilines is 1. The molecule has 0 saturated carbocycles. The van der Waals surface area contributed by atoms with E-state index in [-0.39, 0.29) is 17.8 Å². The summed E-state index contributed by atoms with van der Waals surface area (Å²) in [5.41, 5.74) is 1.34. The first-order valence-corrected chi connectivity index (χ1v) is 9.28. The van der Waals surface area contributed by atoms with Gasteiger partial charge in [-0.1, -0.05) is 47.0 Å². The van der Waals surface area contributed by atoms with Crippen LogP contribution in [0.3, 0.4) is 0 Å². The Morgan fingerprint density at radius 2 is 1.88 bits per heavy atom. The number of hydrogen-bond donors (Lipinski definition) is 0. The van der Waals surface area contributed by atoms with Gasteiger partial charge in [0.2, 0.25) is 5.91 Å². The number of nitrogens with zero attached hydrogens (tertiary/aromatic N) is 1. The lowest BCUT2D eigenvalue weighted by molar-refractivity contribution is -0.117. The summed E-state index contributed by atoms with van der Waals surface area (Å²) in [6.07, 6.45) is 5.54. The Hall–Kier alpha value is -2.13. The molecule has 4 nitrogen and oxygen atoms in total. The molecule has 1 aliphatic rings. The van der Waals surface area contributed by atoms with Gasteiger partial charge in [-0.2, -0.15) is 0 Å². The molecule has 0 N–H and O–H groups in total. The number of ether oxygens (including phenoxy) is 1. The van der Waals surface area contributed by atoms with Gasteiger partial charge >= 0.3 is 0 Å². The quantitative estimate of drug-likeness (QED) is 0.669. The highest BCUT2D eigenvalue weighted by molar-refractivity contribution is 8.15. The van der Waals surface area contributed by atoms with Crippen molar-refractivity contribution in [3.8, 4) is 18.1 Å². The van der Waals surface area contributed by atoms with E-state index in [1.165, 1.54) is 4.90 Å². The third kappa shape index (κ3) is 3.99. The van der Waals surface area contributed by atoms with Gasteiger partial charge in [0.1, 0.15) is 12.4 Å². The maximum atomic E-state index is 12.7. The molecule has 132 valence electrons. The van der Waals surface area contributed by atoms with Gasteiger partial charge in [0.15, 0.2) is 0 Å². The number of carbonyl (C=O) groups excluding carboxylic acids is 2. The second-order valence-corrected chi connectivity index (χ2v) is 7.48. The van der Waals surface area contributed by atoms with Crippen LogP contribution in [0.15, 0.2) is 42.5 Å². The van der Waals surface area contributed by atoms with Crippen LogP contribution < -0.4 is 9.64 Å². The molecule has 1 heterocycles. The molecule has 26 heavy (non-hydrogen) atoms. The van der Waals surface area contributed by atoms with Crippen molar-refractivity contribution >= 4 is 51.8 Å². The van der Waals surface area contributed by atoms with Crippen LogP contribution in [-0.2, 0) is 11.2 Å². The van der Waals surface area contributed by atoms with Gasteiger partial charge in [-0.15, -0.1) is 6.42 Å². The highest BCUT2D eigenvalue weighted by atomic mass is 35.5. The number of benzene rings is 2. The van der Waals surface area contributed by atoms with E-state index in [1.54, 1.807) is 42.5 Å². The lowest BCUT2D eigenvalue weighted by Gasteiger charge is -2.14. The van der Waals surface area contributed by atoms with E-state index in [1.807, 2.05) is 0 Å². The third-order valence-corrected chi connectivity index (χ3v) is 5.32. The Bertz CT molecular complexity index is 893. The normalized spacial score (nSPS) is 16.7. The molecule has 0 spiro atoms.